The van der Waals surface area contributed by atoms with Crippen molar-refractivity contribution in [1.29, 1.82) is 0 Å². The number of nitrogens with one attached hydrogen (secondary N) is 1. The van der Waals surface area contributed by atoms with Crippen LogP contribution in [0.3, 0.4) is 0 Å². The second-order valence-corrected chi connectivity index (χ2v) is 7.16. The fourth-order valence-electron chi connectivity index (χ4n) is 2.42. The summed E-state index contributed by atoms with van der Waals surface area (Å²) in [5.41, 5.74) is 2.06. The number of hydrogen-bond donors (Lipinski definition) is 1. The molecule has 1 fully saturated rings. The normalized spacial score (nSPS) is 18.8. The van der Waals surface area contributed by atoms with Crippen molar-refractivity contribution < 1.29 is 0 Å². The zero-order valence-electron chi connectivity index (χ0n) is 11.0. The molecule has 0 heterocycles. The Hall–Kier alpha value is -0.340. The van der Waals surface area contributed by atoms with Crippen molar-refractivity contribution in [3.05, 3.63) is 34.3 Å². The largest absolute Gasteiger partial charge is 0.311 e. The highest BCUT2D eigenvalue weighted by molar-refractivity contribution is 9.10. The molecule has 0 saturated heterocycles. The lowest BCUT2D eigenvalue weighted by Gasteiger charge is -2.44. The molecule has 94 valence electrons. The summed E-state index contributed by atoms with van der Waals surface area (Å²) in [6.45, 7) is 7.80. The van der Waals surface area contributed by atoms with Gasteiger partial charge in [0.2, 0.25) is 0 Å². The molecule has 2 heteroatoms. The molecule has 0 aromatic heterocycles. The van der Waals surface area contributed by atoms with Crippen molar-refractivity contribution in [1.82, 2.24) is 5.32 Å². The van der Waals surface area contributed by atoms with Gasteiger partial charge in [-0.05, 0) is 51.3 Å². The lowest BCUT2D eigenvalue weighted by Crippen LogP contribution is -2.49. The number of hydrogen-bond acceptors (Lipinski definition) is 1. The first-order valence-corrected chi connectivity index (χ1v) is 7.22. The third-order valence-electron chi connectivity index (χ3n) is 3.70. The third-order valence-corrected chi connectivity index (χ3v) is 4.20. The summed E-state index contributed by atoms with van der Waals surface area (Å²) in [6, 6.07) is 8.81. The highest BCUT2D eigenvalue weighted by Crippen LogP contribution is 2.44. The first-order chi connectivity index (χ1) is 7.91. The topological polar surface area (TPSA) is 12.0 Å². The maximum Gasteiger partial charge on any atom is 0.0178 e. The predicted octanol–water partition coefficient (Wildman–Crippen LogP) is 4.26. The Bertz CT molecular complexity index is 388. The van der Waals surface area contributed by atoms with Gasteiger partial charge in [0.05, 0.1) is 0 Å². The van der Waals surface area contributed by atoms with Crippen LogP contribution in [0.15, 0.2) is 28.7 Å². The summed E-state index contributed by atoms with van der Waals surface area (Å²) < 4.78 is 1.19. The maximum absolute atomic E-state index is 3.67. The predicted molar refractivity (Wildman–Crippen MR) is 77.4 cm³/mol. The van der Waals surface area contributed by atoms with Gasteiger partial charge in [0.15, 0.2) is 0 Å². The Morgan fingerprint density at radius 3 is 2.47 bits per heavy atom. The van der Waals surface area contributed by atoms with Crippen molar-refractivity contribution >= 4 is 15.9 Å². The van der Waals surface area contributed by atoms with Gasteiger partial charge in [-0.15, -0.1) is 0 Å². The minimum atomic E-state index is 0.203. The van der Waals surface area contributed by atoms with Gasteiger partial charge >= 0.3 is 0 Å². The van der Waals surface area contributed by atoms with Gasteiger partial charge in [0.1, 0.15) is 0 Å². The Labute approximate surface area is 113 Å². The molecule has 2 rings (SSSR count). The van der Waals surface area contributed by atoms with E-state index in [4.69, 9.17) is 0 Å². The summed E-state index contributed by atoms with van der Waals surface area (Å²) >= 11 is 3.58. The minimum Gasteiger partial charge on any atom is -0.311 e. The van der Waals surface area contributed by atoms with Crippen LogP contribution in [0.25, 0.3) is 0 Å². The molecule has 1 N–H and O–H groups in total. The van der Waals surface area contributed by atoms with Crippen LogP contribution in [-0.4, -0.2) is 12.1 Å². The van der Waals surface area contributed by atoms with Gasteiger partial charge in [-0.3, -0.25) is 0 Å². The second-order valence-electron chi connectivity index (χ2n) is 6.25. The van der Waals surface area contributed by atoms with Crippen LogP contribution in [0, 0.1) is 0 Å². The van der Waals surface area contributed by atoms with Crippen LogP contribution in [-0.2, 0) is 5.41 Å². The molecule has 0 radical (unpaired) electrons. The standard InChI is InChI=1S/C15H22BrN/c1-14(2,3)17-11-15(8-5-9-15)12-6-4-7-13(16)10-12/h4,6-7,10,17H,5,8-9,11H2,1-3H3. The summed E-state index contributed by atoms with van der Waals surface area (Å²) in [7, 11) is 0. The Morgan fingerprint density at radius 2 is 2.00 bits per heavy atom. The third kappa shape index (κ3) is 3.11. The van der Waals surface area contributed by atoms with E-state index in [0.717, 1.165) is 6.54 Å². The van der Waals surface area contributed by atoms with E-state index in [9.17, 15) is 0 Å². The molecule has 0 aliphatic heterocycles. The molecular weight excluding hydrogens is 274 g/mol. The first-order valence-electron chi connectivity index (χ1n) is 6.42. The average Bonchev–Trinajstić information content (AvgIpc) is 2.14. The van der Waals surface area contributed by atoms with Gasteiger partial charge in [0, 0.05) is 22.0 Å². The van der Waals surface area contributed by atoms with Crippen LogP contribution in [0.4, 0.5) is 0 Å². The van der Waals surface area contributed by atoms with Crippen LogP contribution in [0.1, 0.15) is 45.6 Å². The lowest BCUT2D eigenvalue weighted by atomic mass is 9.64. The fraction of sp³-hybridized carbons (Fsp3) is 0.600. The minimum absolute atomic E-state index is 0.203. The fourth-order valence-corrected chi connectivity index (χ4v) is 2.82. The zero-order chi connectivity index (χ0) is 12.5. The average molecular weight is 296 g/mol. The van der Waals surface area contributed by atoms with Crippen molar-refractivity contribution in [2.45, 2.75) is 51.0 Å². The van der Waals surface area contributed by atoms with E-state index in [0.29, 0.717) is 5.41 Å². The Balaban J connectivity index is 2.14. The zero-order valence-corrected chi connectivity index (χ0v) is 12.6. The summed E-state index contributed by atoms with van der Waals surface area (Å²) in [5, 5.41) is 3.67. The molecule has 0 amide bonds. The van der Waals surface area contributed by atoms with Gasteiger partial charge in [0.25, 0.3) is 0 Å². The summed E-state index contributed by atoms with van der Waals surface area (Å²) in [6.07, 6.45) is 3.98. The van der Waals surface area contributed by atoms with Crippen molar-refractivity contribution in [3.63, 3.8) is 0 Å². The van der Waals surface area contributed by atoms with E-state index in [1.54, 1.807) is 0 Å². The molecule has 0 bridgehead atoms. The molecule has 17 heavy (non-hydrogen) atoms. The van der Waals surface area contributed by atoms with E-state index >= 15 is 0 Å². The van der Waals surface area contributed by atoms with E-state index in [2.05, 4.69) is 66.3 Å². The van der Waals surface area contributed by atoms with Gasteiger partial charge < -0.3 is 5.32 Å². The van der Waals surface area contributed by atoms with E-state index < -0.39 is 0 Å². The summed E-state index contributed by atoms with van der Waals surface area (Å²) in [4.78, 5) is 0. The number of halogens is 1. The number of benzene rings is 1. The molecular formula is C15H22BrN. The van der Waals surface area contributed by atoms with E-state index in [-0.39, 0.29) is 5.54 Å². The van der Waals surface area contributed by atoms with Crippen LogP contribution < -0.4 is 5.32 Å². The van der Waals surface area contributed by atoms with Gasteiger partial charge in [-0.1, -0.05) is 34.5 Å². The molecule has 1 aromatic rings. The van der Waals surface area contributed by atoms with Gasteiger partial charge in [-0.25, -0.2) is 0 Å². The second kappa shape index (κ2) is 4.74. The van der Waals surface area contributed by atoms with Gasteiger partial charge in [-0.2, -0.15) is 0 Å². The maximum atomic E-state index is 3.67. The van der Waals surface area contributed by atoms with E-state index in [1.807, 2.05) is 0 Å². The molecule has 0 unspecified atom stereocenters. The SMILES string of the molecule is CC(C)(C)NCC1(c2cccc(Br)c2)CCC1. The molecule has 1 aromatic carbocycles. The van der Waals surface area contributed by atoms with Crippen LogP contribution in [0.5, 0.6) is 0 Å². The quantitative estimate of drug-likeness (QED) is 0.879. The Morgan fingerprint density at radius 1 is 1.29 bits per heavy atom. The van der Waals surface area contributed by atoms with Crippen molar-refractivity contribution in [3.8, 4) is 0 Å². The first kappa shape index (κ1) is 13.1. The molecule has 1 aliphatic rings. The molecule has 0 spiro atoms. The monoisotopic (exact) mass is 295 g/mol. The Kier molecular flexibility index (Phi) is 3.65. The van der Waals surface area contributed by atoms with Crippen molar-refractivity contribution in [2.75, 3.05) is 6.54 Å². The lowest BCUT2D eigenvalue weighted by molar-refractivity contribution is 0.213. The highest BCUT2D eigenvalue weighted by atomic mass is 79.9. The molecule has 1 aliphatic carbocycles. The van der Waals surface area contributed by atoms with Crippen molar-refractivity contribution in [2.24, 2.45) is 0 Å². The number of rotatable bonds is 3. The van der Waals surface area contributed by atoms with E-state index in [1.165, 1.54) is 29.3 Å². The highest BCUT2D eigenvalue weighted by Gasteiger charge is 2.39. The smallest absolute Gasteiger partial charge is 0.0178 e. The molecule has 1 nitrogen and oxygen atoms in total. The van der Waals surface area contributed by atoms with Crippen LogP contribution >= 0.6 is 15.9 Å². The summed E-state index contributed by atoms with van der Waals surface area (Å²) in [5.74, 6) is 0. The molecule has 1 saturated carbocycles. The van der Waals surface area contributed by atoms with Crippen LogP contribution in [0.2, 0.25) is 0 Å². The molecule has 0 atom stereocenters.